The Morgan fingerprint density at radius 1 is 1.19 bits per heavy atom. The first-order valence-electron chi connectivity index (χ1n) is 10.2. The van der Waals surface area contributed by atoms with Crippen LogP contribution in [0.15, 0.2) is 36.4 Å². The zero-order valence-electron chi connectivity index (χ0n) is 17.6. The molecule has 0 aliphatic carbocycles. The number of nitro groups is 1. The molecular weight excluding hydrogens is 422 g/mol. The summed E-state index contributed by atoms with van der Waals surface area (Å²) in [7, 11) is 3.21. The van der Waals surface area contributed by atoms with Crippen LogP contribution in [0.5, 0.6) is 11.5 Å². The monoisotopic (exact) mass is 447 g/mol. The highest BCUT2D eigenvalue weighted by atomic mass is 35.5. The maximum atomic E-state index is 12.9. The van der Waals surface area contributed by atoms with Crippen LogP contribution < -0.4 is 14.8 Å². The number of rotatable bonds is 7. The highest BCUT2D eigenvalue weighted by Gasteiger charge is 2.27. The van der Waals surface area contributed by atoms with Gasteiger partial charge in [-0.05, 0) is 55.9 Å². The summed E-state index contributed by atoms with van der Waals surface area (Å²) in [6.45, 7) is 0.660. The number of carbonyl (C=O) groups is 1. The summed E-state index contributed by atoms with van der Waals surface area (Å²) in [5, 5.41) is 13.8. The van der Waals surface area contributed by atoms with Crippen molar-refractivity contribution in [1.82, 2.24) is 4.90 Å². The average Bonchev–Trinajstić information content (AvgIpc) is 2.78. The van der Waals surface area contributed by atoms with Crippen LogP contribution in [-0.4, -0.2) is 42.7 Å². The molecule has 166 valence electrons. The number of hydrogen-bond donors (Lipinski definition) is 1. The molecule has 1 aliphatic heterocycles. The van der Waals surface area contributed by atoms with E-state index in [1.165, 1.54) is 18.2 Å². The number of non-ortho nitro benzene ring substituents is 1. The molecule has 1 heterocycles. The van der Waals surface area contributed by atoms with Gasteiger partial charge < -0.3 is 19.7 Å². The third kappa shape index (κ3) is 5.58. The number of urea groups is 1. The van der Waals surface area contributed by atoms with Gasteiger partial charge in [-0.3, -0.25) is 10.1 Å². The molecule has 1 N–H and O–H groups in total. The maximum absolute atomic E-state index is 12.9. The topological polar surface area (TPSA) is 93.9 Å². The van der Waals surface area contributed by atoms with E-state index in [9.17, 15) is 14.9 Å². The number of benzene rings is 2. The summed E-state index contributed by atoms with van der Waals surface area (Å²) in [5.41, 5.74) is 1.36. The minimum atomic E-state index is -0.522. The third-order valence-corrected chi connectivity index (χ3v) is 5.82. The minimum absolute atomic E-state index is 0.0960. The van der Waals surface area contributed by atoms with E-state index >= 15 is 0 Å². The van der Waals surface area contributed by atoms with Crippen LogP contribution >= 0.6 is 11.6 Å². The number of anilines is 1. The van der Waals surface area contributed by atoms with Gasteiger partial charge in [-0.25, -0.2) is 4.79 Å². The van der Waals surface area contributed by atoms with Gasteiger partial charge in [0.15, 0.2) is 11.5 Å². The Morgan fingerprint density at radius 2 is 1.97 bits per heavy atom. The van der Waals surface area contributed by atoms with Gasteiger partial charge in [-0.15, -0.1) is 0 Å². The molecule has 1 fully saturated rings. The van der Waals surface area contributed by atoms with Crippen molar-refractivity contribution in [2.24, 2.45) is 0 Å². The average molecular weight is 448 g/mol. The van der Waals surface area contributed by atoms with Crippen LogP contribution in [0.2, 0.25) is 5.02 Å². The Bertz CT molecular complexity index is 953. The van der Waals surface area contributed by atoms with Gasteiger partial charge in [0.2, 0.25) is 0 Å². The van der Waals surface area contributed by atoms with Crippen molar-refractivity contribution in [3.05, 3.63) is 57.1 Å². The summed E-state index contributed by atoms with van der Waals surface area (Å²) in [5.74, 6) is 1.37. The van der Waals surface area contributed by atoms with Crippen molar-refractivity contribution in [2.45, 2.75) is 38.1 Å². The molecule has 0 radical (unpaired) electrons. The number of halogens is 1. The number of nitro benzene ring substituents is 1. The maximum Gasteiger partial charge on any atom is 0.322 e. The molecule has 2 aromatic rings. The van der Waals surface area contributed by atoms with Crippen LogP contribution in [0.4, 0.5) is 16.2 Å². The van der Waals surface area contributed by atoms with E-state index in [0.717, 1.165) is 37.7 Å². The SMILES string of the molecule is COc1ccc(CCC2CCCCN2C(=O)Nc2ccc([N+](=O)[O-])cc2Cl)cc1OC. The summed E-state index contributed by atoms with van der Waals surface area (Å²) in [6, 6.07) is 9.73. The molecule has 0 aromatic heterocycles. The van der Waals surface area contributed by atoms with Gasteiger partial charge >= 0.3 is 6.03 Å². The lowest BCUT2D eigenvalue weighted by molar-refractivity contribution is -0.384. The summed E-state index contributed by atoms with van der Waals surface area (Å²) < 4.78 is 10.7. The van der Waals surface area contributed by atoms with Crippen LogP contribution in [-0.2, 0) is 6.42 Å². The molecule has 0 bridgehead atoms. The number of aryl methyl sites for hydroxylation is 1. The molecular formula is C22H26ClN3O5. The molecule has 3 rings (SSSR count). The second kappa shape index (κ2) is 10.3. The Hall–Kier alpha value is -3.00. The van der Waals surface area contributed by atoms with Crippen molar-refractivity contribution in [3.63, 3.8) is 0 Å². The minimum Gasteiger partial charge on any atom is -0.493 e. The van der Waals surface area contributed by atoms with Gasteiger partial charge in [0, 0.05) is 24.7 Å². The molecule has 9 heteroatoms. The number of nitrogens with zero attached hydrogens (tertiary/aromatic N) is 2. The second-order valence-electron chi connectivity index (χ2n) is 7.42. The predicted molar refractivity (Wildman–Crippen MR) is 119 cm³/mol. The summed E-state index contributed by atoms with van der Waals surface area (Å²) >= 11 is 6.13. The lowest BCUT2D eigenvalue weighted by Gasteiger charge is -2.36. The smallest absolute Gasteiger partial charge is 0.322 e. The number of ether oxygens (including phenoxy) is 2. The molecule has 0 saturated carbocycles. The van der Waals surface area contributed by atoms with Gasteiger partial charge in [0.1, 0.15) is 0 Å². The fourth-order valence-electron chi connectivity index (χ4n) is 3.84. The molecule has 1 unspecified atom stereocenters. The molecule has 2 aromatic carbocycles. The zero-order valence-corrected chi connectivity index (χ0v) is 18.4. The van der Waals surface area contributed by atoms with Crippen molar-refractivity contribution in [2.75, 3.05) is 26.1 Å². The highest BCUT2D eigenvalue weighted by molar-refractivity contribution is 6.33. The first-order valence-corrected chi connectivity index (χ1v) is 10.5. The molecule has 8 nitrogen and oxygen atoms in total. The standard InChI is InChI=1S/C22H26ClN3O5/c1-30-20-11-7-15(13-21(20)31-2)6-8-16-5-3-4-12-25(16)22(27)24-19-10-9-17(26(28)29)14-18(19)23/h7,9-11,13-14,16H,3-6,8,12H2,1-2H3,(H,24,27). The number of nitrogens with one attached hydrogen (secondary N) is 1. The van der Waals surface area contributed by atoms with E-state index in [4.69, 9.17) is 21.1 Å². The van der Waals surface area contributed by atoms with E-state index in [2.05, 4.69) is 5.32 Å². The Balaban J connectivity index is 1.66. The molecule has 0 spiro atoms. The van der Waals surface area contributed by atoms with E-state index in [-0.39, 0.29) is 22.8 Å². The summed E-state index contributed by atoms with van der Waals surface area (Å²) in [4.78, 5) is 25.1. The molecule has 1 atom stereocenters. The summed E-state index contributed by atoms with van der Waals surface area (Å²) in [6.07, 6.45) is 4.55. The van der Waals surface area contributed by atoms with Crippen molar-refractivity contribution < 1.29 is 19.2 Å². The van der Waals surface area contributed by atoms with Crippen molar-refractivity contribution >= 4 is 29.0 Å². The first-order chi connectivity index (χ1) is 14.9. The zero-order chi connectivity index (χ0) is 22.4. The number of likely N-dealkylation sites (tertiary alicyclic amines) is 1. The normalized spacial score (nSPS) is 16.0. The molecule has 1 aliphatic rings. The Labute approximate surface area is 186 Å². The number of hydrogen-bond acceptors (Lipinski definition) is 5. The number of carbonyl (C=O) groups excluding carboxylic acids is 1. The largest absolute Gasteiger partial charge is 0.493 e. The van der Waals surface area contributed by atoms with Gasteiger partial charge in [0.05, 0.1) is 29.9 Å². The number of piperidine rings is 1. The van der Waals surface area contributed by atoms with Crippen LogP contribution in [0.25, 0.3) is 0 Å². The predicted octanol–water partition coefficient (Wildman–Crippen LogP) is 5.28. The van der Waals surface area contributed by atoms with E-state index in [1.54, 1.807) is 14.2 Å². The Morgan fingerprint density at radius 3 is 2.65 bits per heavy atom. The lowest BCUT2D eigenvalue weighted by Crippen LogP contribution is -2.46. The molecule has 2 amide bonds. The highest BCUT2D eigenvalue weighted by Crippen LogP contribution is 2.30. The molecule has 1 saturated heterocycles. The van der Waals surface area contributed by atoms with Crippen molar-refractivity contribution in [3.8, 4) is 11.5 Å². The first kappa shape index (κ1) is 22.7. The second-order valence-corrected chi connectivity index (χ2v) is 7.83. The quantitative estimate of drug-likeness (QED) is 0.460. The van der Waals surface area contributed by atoms with Crippen LogP contribution in [0, 0.1) is 10.1 Å². The van der Waals surface area contributed by atoms with Crippen LogP contribution in [0.3, 0.4) is 0 Å². The molecule has 31 heavy (non-hydrogen) atoms. The number of methoxy groups -OCH3 is 2. The fourth-order valence-corrected chi connectivity index (χ4v) is 4.07. The van der Waals surface area contributed by atoms with Crippen LogP contribution in [0.1, 0.15) is 31.2 Å². The van der Waals surface area contributed by atoms with Gasteiger partial charge in [0.25, 0.3) is 5.69 Å². The van der Waals surface area contributed by atoms with Gasteiger partial charge in [-0.2, -0.15) is 0 Å². The van der Waals surface area contributed by atoms with Crippen molar-refractivity contribution in [1.29, 1.82) is 0 Å². The lowest BCUT2D eigenvalue weighted by atomic mass is 9.96. The third-order valence-electron chi connectivity index (χ3n) is 5.51. The van der Waals surface area contributed by atoms with E-state index in [0.29, 0.717) is 23.7 Å². The number of amides is 2. The van der Waals surface area contributed by atoms with E-state index in [1.807, 2.05) is 23.1 Å². The van der Waals surface area contributed by atoms with Gasteiger partial charge in [-0.1, -0.05) is 17.7 Å². The fraction of sp³-hybridized carbons (Fsp3) is 0.409. The Kier molecular flexibility index (Phi) is 7.57. The van der Waals surface area contributed by atoms with E-state index < -0.39 is 4.92 Å².